The predicted octanol–water partition coefficient (Wildman–Crippen LogP) is 1.45. The quantitative estimate of drug-likeness (QED) is 0.655. The summed E-state index contributed by atoms with van der Waals surface area (Å²) in [5.41, 5.74) is 1.20. The summed E-state index contributed by atoms with van der Waals surface area (Å²) >= 11 is 0. The van der Waals surface area contributed by atoms with Gasteiger partial charge in [-0.25, -0.2) is 4.39 Å². The molecule has 154 valence electrons. The molecule has 1 aliphatic heterocycles. The standard InChI is InChI=1S/C22H21FN4O3/c23-17-7-5-16(6-8-17)13-21(29)25-9-11-26(12-10-25)22(30)15-27-19-4-2-1-3-18(19)20(28)14-24-27/h1-8,14H,9-13,15H2. The van der Waals surface area contributed by atoms with Crippen molar-refractivity contribution in [3.8, 4) is 0 Å². The molecule has 4 rings (SSSR count). The first kappa shape index (κ1) is 19.8. The second kappa shape index (κ2) is 8.44. The third-order valence-electron chi connectivity index (χ3n) is 5.30. The van der Waals surface area contributed by atoms with E-state index in [4.69, 9.17) is 0 Å². The highest BCUT2D eigenvalue weighted by molar-refractivity contribution is 5.82. The van der Waals surface area contributed by atoms with Crippen LogP contribution in [0.1, 0.15) is 5.56 Å². The van der Waals surface area contributed by atoms with E-state index in [1.165, 1.54) is 23.0 Å². The highest BCUT2D eigenvalue weighted by atomic mass is 19.1. The lowest BCUT2D eigenvalue weighted by Crippen LogP contribution is -2.51. The minimum absolute atomic E-state index is 0.0321. The molecule has 0 N–H and O–H groups in total. The summed E-state index contributed by atoms with van der Waals surface area (Å²) in [6, 6.07) is 13.0. The number of hydrogen-bond acceptors (Lipinski definition) is 4. The van der Waals surface area contributed by atoms with Crippen molar-refractivity contribution in [2.75, 3.05) is 26.2 Å². The Morgan fingerprint density at radius 2 is 1.53 bits per heavy atom. The van der Waals surface area contributed by atoms with Crippen LogP contribution in [0.3, 0.4) is 0 Å². The topological polar surface area (TPSA) is 75.5 Å². The summed E-state index contributed by atoms with van der Waals surface area (Å²) in [6.07, 6.45) is 1.43. The van der Waals surface area contributed by atoms with E-state index in [1.54, 1.807) is 46.2 Å². The minimum Gasteiger partial charge on any atom is -0.339 e. The van der Waals surface area contributed by atoms with Crippen LogP contribution in [0.4, 0.5) is 4.39 Å². The maximum Gasteiger partial charge on any atom is 0.244 e. The van der Waals surface area contributed by atoms with E-state index < -0.39 is 0 Å². The average Bonchev–Trinajstić information content (AvgIpc) is 2.77. The number of carbonyl (C=O) groups excluding carboxylic acids is 2. The second-order valence-corrected chi connectivity index (χ2v) is 7.25. The van der Waals surface area contributed by atoms with E-state index in [0.717, 1.165) is 5.56 Å². The van der Waals surface area contributed by atoms with Crippen LogP contribution in [0.2, 0.25) is 0 Å². The number of benzene rings is 2. The van der Waals surface area contributed by atoms with Crippen LogP contribution in [0.5, 0.6) is 0 Å². The molecule has 8 heteroatoms. The molecule has 2 amide bonds. The van der Waals surface area contributed by atoms with E-state index >= 15 is 0 Å². The third kappa shape index (κ3) is 4.22. The maximum atomic E-state index is 13.0. The van der Waals surface area contributed by atoms with Crippen molar-refractivity contribution in [3.63, 3.8) is 0 Å². The lowest BCUT2D eigenvalue weighted by molar-refractivity contribution is -0.139. The van der Waals surface area contributed by atoms with Crippen molar-refractivity contribution in [3.05, 3.63) is 76.3 Å². The van der Waals surface area contributed by atoms with E-state index in [-0.39, 0.29) is 36.0 Å². The zero-order valence-corrected chi connectivity index (χ0v) is 16.3. The summed E-state index contributed by atoms with van der Waals surface area (Å²) in [4.78, 5) is 40.6. The normalized spacial score (nSPS) is 14.2. The fourth-order valence-electron chi connectivity index (χ4n) is 3.61. The molecule has 0 aliphatic carbocycles. The van der Waals surface area contributed by atoms with Crippen molar-refractivity contribution in [1.29, 1.82) is 0 Å². The second-order valence-electron chi connectivity index (χ2n) is 7.25. The molecule has 2 aromatic carbocycles. The van der Waals surface area contributed by atoms with Crippen molar-refractivity contribution >= 4 is 22.7 Å². The Bertz CT molecular complexity index is 1140. The third-order valence-corrected chi connectivity index (χ3v) is 5.30. The van der Waals surface area contributed by atoms with Gasteiger partial charge in [0.2, 0.25) is 17.2 Å². The number of piperazine rings is 1. The Kier molecular flexibility index (Phi) is 5.56. The van der Waals surface area contributed by atoms with Crippen LogP contribution in [0, 0.1) is 5.82 Å². The van der Waals surface area contributed by atoms with Gasteiger partial charge in [-0.1, -0.05) is 24.3 Å². The van der Waals surface area contributed by atoms with Gasteiger partial charge in [-0.15, -0.1) is 0 Å². The Hall–Kier alpha value is -3.55. The first-order chi connectivity index (χ1) is 14.5. The molecular formula is C22H21FN4O3. The zero-order chi connectivity index (χ0) is 21.1. The molecule has 30 heavy (non-hydrogen) atoms. The number of rotatable bonds is 4. The monoisotopic (exact) mass is 408 g/mol. The van der Waals surface area contributed by atoms with Crippen LogP contribution in [0.25, 0.3) is 10.9 Å². The fourth-order valence-corrected chi connectivity index (χ4v) is 3.61. The Morgan fingerprint density at radius 3 is 2.23 bits per heavy atom. The van der Waals surface area contributed by atoms with Gasteiger partial charge in [-0.05, 0) is 29.8 Å². The first-order valence-corrected chi connectivity index (χ1v) is 9.76. The molecule has 7 nitrogen and oxygen atoms in total. The summed E-state index contributed by atoms with van der Waals surface area (Å²) in [5.74, 6) is -0.480. The molecule has 1 fully saturated rings. The molecule has 0 unspecified atom stereocenters. The Balaban J connectivity index is 1.36. The molecule has 0 spiro atoms. The van der Waals surface area contributed by atoms with E-state index in [9.17, 15) is 18.8 Å². The Labute approximate surface area is 172 Å². The number of hydrogen-bond donors (Lipinski definition) is 0. The van der Waals surface area contributed by atoms with Crippen LogP contribution in [-0.4, -0.2) is 57.6 Å². The van der Waals surface area contributed by atoms with Gasteiger partial charge in [0.05, 0.1) is 18.1 Å². The number of nitrogens with zero attached hydrogens (tertiary/aromatic N) is 4. The molecule has 3 aromatic rings. The van der Waals surface area contributed by atoms with Gasteiger partial charge in [0.15, 0.2) is 0 Å². The van der Waals surface area contributed by atoms with Gasteiger partial charge in [-0.2, -0.15) is 5.10 Å². The summed E-state index contributed by atoms with van der Waals surface area (Å²) in [7, 11) is 0. The van der Waals surface area contributed by atoms with E-state index in [0.29, 0.717) is 37.1 Å². The van der Waals surface area contributed by atoms with Crippen LogP contribution in [0.15, 0.2) is 59.5 Å². The number of fused-ring (bicyclic) bond motifs is 1. The molecule has 0 atom stereocenters. The van der Waals surface area contributed by atoms with Crippen LogP contribution < -0.4 is 5.43 Å². The van der Waals surface area contributed by atoms with Crippen molar-refractivity contribution in [2.24, 2.45) is 0 Å². The Morgan fingerprint density at radius 1 is 0.900 bits per heavy atom. The molecule has 2 heterocycles. The molecule has 0 bridgehead atoms. The maximum absolute atomic E-state index is 13.0. The largest absolute Gasteiger partial charge is 0.339 e. The average molecular weight is 408 g/mol. The smallest absolute Gasteiger partial charge is 0.244 e. The lowest BCUT2D eigenvalue weighted by Gasteiger charge is -2.35. The molecule has 1 aliphatic rings. The molecule has 0 saturated carbocycles. The molecular weight excluding hydrogens is 387 g/mol. The van der Waals surface area contributed by atoms with Gasteiger partial charge in [0.25, 0.3) is 0 Å². The van der Waals surface area contributed by atoms with Crippen molar-refractivity contribution in [1.82, 2.24) is 19.6 Å². The predicted molar refractivity (Wildman–Crippen MR) is 109 cm³/mol. The van der Waals surface area contributed by atoms with E-state index in [2.05, 4.69) is 5.10 Å². The van der Waals surface area contributed by atoms with Crippen LogP contribution >= 0.6 is 0 Å². The molecule has 0 radical (unpaired) electrons. The van der Waals surface area contributed by atoms with Crippen molar-refractivity contribution in [2.45, 2.75) is 13.0 Å². The zero-order valence-electron chi connectivity index (χ0n) is 16.3. The van der Waals surface area contributed by atoms with E-state index in [1.807, 2.05) is 0 Å². The number of aromatic nitrogens is 2. The van der Waals surface area contributed by atoms with Gasteiger partial charge < -0.3 is 9.80 Å². The first-order valence-electron chi connectivity index (χ1n) is 9.76. The lowest BCUT2D eigenvalue weighted by atomic mass is 10.1. The van der Waals surface area contributed by atoms with Gasteiger partial charge in [0.1, 0.15) is 12.4 Å². The fraction of sp³-hybridized carbons (Fsp3) is 0.273. The SMILES string of the molecule is O=C(Cc1ccc(F)cc1)N1CCN(C(=O)Cn2ncc(=O)c3ccccc32)CC1. The minimum atomic E-state index is -0.330. The molecule has 1 saturated heterocycles. The van der Waals surface area contributed by atoms with Crippen molar-refractivity contribution < 1.29 is 14.0 Å². The summed E-state index contributed by atoms with van der Waals surface area (Å²) in [5, 5.41) is 4.63. The number of carbonyl (C=O) groups is 2. The number of amides is 2. The van der Waals surface area contributed by atoms with Gasteiger partial charge in [0, 0.05) is 31.6 Å². The number of para-hydroxylation sites is 1. The van der Waals surface area contributed by atoms with Crippen LogP contribution in [-0.2, 0) is 22.6 Å². The number of halogens is 1. The summed E-state index contributed by atoms with van der Waals surface area (Å²) < 4.78 is 14.5. The van der Waals surface area contributed by atoms with Gasteiger partial charge >= 0.3 is 0 Å². The van der Waals surface area contributed by atoms with Gasteiger partial charge in [-0.3, -0.25) is 19.1 Å². The highest BCUT2D eigenvalue weighted by Gasteiger charge is 2.24. The summed E-state index contributed by atoms with van der Waals surface area (Å²) in [6.45, 7) is 1.80. The molecule has 1 aromatic heterocycles. The highest BCUT2D eigenvalue weighted by Crippen LogP contribution is 2.11.